The summed E-state index contributed by atoms with van der Waals surface area (Å²) in [7, 11) is 0. The van der Waals surface area contributed by atoms with E-state index in [-0.39, 0.29) is 11.6 Å². The third-order valence-corrected chi connectivity index (χ3v) is 4.00. The average Bonchev–Trinajstić information content (AvgIpc) is 2.92. The maximum Gasteiger partial charge on any atom is 0.280 e. The van der Waals surface area contributed by atoms with Gasteiger partial charge in [-0.05, 0) is 30.5 Å². The minimum Gasteiger partial charge on any atom is -0.294 e. The summed E-state index contributed by atoms with van der Waals surface area (Å²) < 4.78 is 1.66. The number of fused-ring (bicyclic) bond motifs is 1. The first kappa shape index (κ1) is 12.0. The fraction of sp³-hybridized carbons (Fsp3) is 0.214. The zero-order chi connectivity index (χ0) is 13.2. The van der Waals surface area contributed by atoms with Gasteiger partial charge >= 0.3 is 0 Å². The molecule has 3 heterocycles. The molecule has 5 heteroatoms. The average molecular weight is 271 g/mol. The lowest BCUT2D eigenvalue weighted by atomic mass is 10.2. The van der Waals surface area contributed by atoms with Gasteiger partial charge in [-0.1, -0.05) is 6.07 Å². The molecule has 3 aromatic rings. The molecule has 0 amide bonds. The van der Waals surface area contributed by atoms with Crippen LogP contribution in [0, 0.1) is 0 Å². The predicted molar refractivity (Wildman–Crippen MR) is 76.5 cm³/mol. The molecule has 0 spiro atoms. The van der Waals surface area contributed by atoms with E-state index in [1.165, 1.54) is 4.88 Å². The summed E-state index contributed by atoms with van der Waals surface area (Å²) in [6, 6.07) is 7.77. The van der Waals surface area contributed by atoms with Gasteiger partial charge in [-0.25, -0.2) is 9.97 Å². The summed E-state index contributed by atoms with van der Waals surface area (Å²) >= 11 is 1.70. The highest BCUT2D eigenvalue weighted by atomic mass is 32.1. The van der Waals surface area contributed by atoms with Gasteiger partial charge < -0.3 is 0 Å². The Morgan fingerprint density at radius 3 is 3.00 bits per heavy atom. The monoisotopic (exact) mass is 271 g/mol. The van der Waals surface area contributed by atoms with Crippen LogP contribution in [-0.2, 0) is 6.42 Å². The number of hydrogen-bond acceptors (Lipinski definition) is 4. The Balaban J connectivity index is 2.01. The third kappa shape index (κ3) is 2.29. The van der Waals surface area contributed by atoms with E-state index in [9.17, 15) is 4.79 Å². The second kappa shape index (κ2) is 4.93. The highest BCUT2D eigenvalue weighted by molar-refractivity contribution is 7.09. The lowest BCUT2D eigenvalue weighted by Crippen LogP contribution is -2.25. The molecule has 0 N–H and O–H groups in total. The van der Waals surface area contributed by atoms with Crippen molar-refractivity contribution in [3.63, 3.8) is 0 Å². The fourth-order valence-corrected chi connectivity index (χ4v) is 2.92. The fourth-order valence-electron chi connectivity index (χ4n) is 2.10. The zero-order valence-corrected chi connectivity index (χ0v) is 11.3. The van der Waals surface area contributed by atoms with Crippen LogP contribution in [0.4, 0.5) is 0 Å². The number of rotatable bonds is 3. The Hall–Kier alpha value is -2.01. The molecule has 4 nitrogen and oxygen atoms in total. The van der Waals surface area contributed by atoms with E-state index >= 15 is 0 Å². The highest BCUT2D eigenvalue weighted by Gasteiger charge is 2.11. The van der Waals surface area contributed by atoms with E-state index < -0.39 is 0 Å². The molecule has 0 aliphatic carbocycles. The Labute approximate surface area is 114 Å². The van der Waals surface area contributed by atoms with Crippen molar-refractivity contribution in [3.05, 3.63) is 57.4 Å². The van der Waals surface area contributed by atoms with Gasteiger partial charge in [0, 0.05) is 23.5 Å². The summed E-state index contributed by atoms with van der Waals surface area (Å²) in [6.07, 6.45) is 4.07. The molecule has 0 bridgehead atoms. The number of hydrogen-bond donors (Lipinski definition) is 0. The van der Waals surface area contributed by atoms with Gasteiger partial charge in [0.2, 0.25) is 0 Å². The van der Waals surface area contributed by atoms with Gasteiger partial charge in [0.1, 0.15) is 0 Å². The van der Waals surface area contributed by atoms with Gasteiger partial charge in [-0.2, -0.15) is 0 Å². The molecule has 3 rings (SSSR count). The summed E-state index contributed by atoms with van der Waals surface area (Å²) in [5.74, 6) is 0. The number of nitrogens with zero attached hydrogens (tertiary/aromatic N) is 3. The quantitative estimate of drug-likeness (QED) is 0.735. The molecule has 0 aromatic carbocycles. The van der Waals surface area contributed by atoms with Crippen molar-refractivity contribution in [2.45, 2.75) is 19.4 Å². The van der Waals surface area contributed by atoms with Gasteiger partial charge in [-0.3, -0.25) is 9.36 Å². The molecule has 0 unspecified atom stereocenters. The van der Waals surface area contributed by atoms with Crippen LogP contribution >= 0.6 is 11.3 Å². The first-order valence-electron chi connectivity index (χ1n) is 6.10. The standard InChI is InChI=1S/C14H13N3OS/c1-10(8-11-4-3-7-19-11)17-9-16-12-5-2-6-15-13(12)14(17)18/h2-7,9-10H,8H2,1H3/t10-/m0/s1. The van der Waals surface area contributed by atoms with Crippen molar-refractivity contribution in [2.24, 2.45) is 0 Å². The van der Waals surface area contributed by atoms with E-state index in [4.69, 9.17) is 0 Å². The Kier molecular flexibility index (Phi) is 3.13. The van der Waals surface area contributed by atoms with Gasteiger partial charge in [0.05, 0.1) is 11.8 Å². The van der Waals surface area contributed by atoms with Gasteiger partial charge in [-0.15, -0.1) is 11.3 Å². The van der Waals surface area contributed by atoms with Crippen molar-refractivity contribution in [3.8, 4) is 0 Å². The highest BCUT2D eigenvalue weighted by Crippen LogP contribution is 2.17. The first-order valence-corrected chi connectivity index (χ1v) is 6.98. The van der Waals surface area contributed by atoms with Crippen molar-refractivity contribution in [1.29, 1.82) is 0 Å². The molecule has 0 radical (unpaired) electrons. The lowest BCUT2D eigenvalue weighted by molar-refractivity contribution is 0.526. The van der Waals surface area contributed by atoms with Crippen molar-refractivity contribution in [1.82, 2.24) is 14.5 Å². The summed E-state index contributed by atoms with van der Waals surface area (Å²) in [6.45, 7) is 2.03. The smallest absolute Gasteiger partial charge is 0.280 e. The van der Waals surface area contributed by atoms with Crippen LogP contribution in [0.2, 0.25) is 0 Å². The molecule has 19 heavy (non-hydrogen) atoms. The number of aromatic nitrogens is 3. The van der Waals surface area contributed by atoms with E-state index in [2.05, 4.69) is 16.0 Å². The van der Waals surface area contributed by atoms with Crippen LogP contribution < -0.4 is 5.56 Å². The molecule has 3 aromatic heterocycles. The normalized spacial score (nSPS) is 12.7. The molecule has 0 fully saturated rings. The predicted octanol–water partition coefficient (Wildman–Crippen LogP) is 2.66. The summed E-state index contributed by atoms with van der Waals surface area (Å²) in [4.78, 5) is 22.1. The lowest BCUT2D eigenvalue weighted by Gasteiger charge is -2.13. The Morgan fingerprint density at radius 2 is 2.21 bits per heavy atom. The summed E-state index contributed by atoms with van der Waals surface area (Å²) in [5, 5.41) is 2.05. The maximum absolute atomic E-state index is 12.4. The molecule has 0 aliphatic rings. The molecule has 1 atom stereocenters. The second-order valence-electron chi connectivity index (χ2n) is 4.46. The number of thiophene rings is 1. The molecular formula is C14H13N3OS. The van der Waals surface area contributed by atoms with Crippen molar-refractivity contribution < 1.29 is 0 Å². The summed E-state index contributed by atoms with van der Waals surface area (Å²) in [5.41, 5.74) is 1.00. The minimum atomic E-state index is -0.0744. The topological polar surface area (TPSA) is 47.8 Å². The molecule has 0 aliphatic heterocycles. The van der Waals surface area contributed by atoms with Crippen LogP contribution in [0.25, 0.3) is 11.0 Å². The van der Waals surface area contributed by atoms with E-state index in [0.717, 1.165) is 6.42 Å². The van der Waals surface area contributed by atoms with Crippen molar-refractivity contribution in [2.75, 3.05) is 0 Å². The van der Waals surface area contributed by atoms with E-state index in [0.29, 0.717) is 11.0 Å². The van der Waals surface area contributed by atoms with Crippen LogP contribution in [0.15, 0.2) is 47.0 Å². The Bertz CT molecular complexity index is 749. The molecule has 0 saturated heterocycles. The van der Waals surface area contributed by atoms with Crippen LogP contribution in [0.3, 0.4) is 0 Å². The minimum absolute atomic E-state index is 0.0741. The van der Waals surface area contributed by atoms with Crippen LogP contribution in [0.5, 0.6) is 0 Å². The number of pyridine rings is 1. The Morgan fingerprint density at radius 1 is 1.32 bits per heavy atom. The largest absolute Gasteiger partial charge is 0.294 e. The molecule has 96 valence electrons. The van der Waals surface area contributed by atoms with E-state index in [1.807, 2.05) is 18.4 Å². The second-order valence-corrected chi connectivity index (χ2v) is 5.49. The van der Waals surface area contributed by atoms with Gasteiger partial charge in [0.25, 0.3) is 5.56 Å². The molecular weight excluding hydrogens is 258 g/mol. The van der Waals surface area contributed by atoms with Gasteiger partial charge in [0.15, 0.2) is 5.52 Å². The van der Waals surface area contributed by atoms with Crippen LogP contribution in [0.1, 0.15) is 17.8 Å². The van der Waals surface area contributed by atoms with E-state index in [1.54, 1.807) is 40.6 Å². The van der Waals surface area contributed by atoms with Crippen molar-refractivity contribution >= 4 is 22.4 Å². The first-order chi connectivity index (χ1) is 9.25. The maximum atomic E-state index is 12.4. The molecule has 0 saturated carbocycles. The zero-order valence-electron chi connectivity index (χ0n) is 10.5. The third-order valence-electron chi connectivity index (χ3n) is 3.10. The SMILES string of the molecule is C[C@@H](Cc1cccs1)n1cnc2cccnc2c1=O. The van der Waals surface area contributed by atoms with Crippen LogP contribution in [-0.4, -0.2) is 14.5 Å².